The summed E-state index contributed by atoms with van der Waals surface area (Å²) < 4.78 is 29.0. The van der Waals surface area contributed by atoms with E-state index in [1.165, 1.54) is 18.2 Å². The van der Waals surface area contributed by atoms with Crippen molar-refractivity contribution >= 4 is 37.6 Å². The minimum Gasteiger partial charge on any atom is -0.207 e. The first-order valence-electron chi connectivity index (χ1n) is 6.86. The van der Waals surface area contributed by atoms with Gasteiger partial charge in [-0.25, -0.2) is 13.1 Å². The molecule has 1 fully saturated rings. The lowest BCUT2D eigenvalue weighted by Crippen LogP contribution is -2.34. The third-order valence-corrected chi connectivity index (χ3v) is 6.24. The molecule has 2 aromatic rings. The number of sulfonamides is 1. The van der Waals surface area contributed by atoms with Crippen LogP contribution < -0.4 is 4.72 Å². The summed E-state index contributed by atoms with van der Waals surface area (Å²) in [7, 11) is -3.73. The van der Waals surface area contributed by atoms with Gasteiger partial charge in [-0.1, -0.05) is 39.7 Å². The number of hydrogen-bond donors (Lipinski definition) is 1. The molecule has 0 aromatic heterocycles. The Morgan fingerprint density at radius 3 is 2.39 bits per heavy atom. The Morgan fingerprint density at radius 2 is 1.83 bits per heavy atom. The van der Waals surface area contributed by atoms with Gasteiger partial charge in [-0.05, 0) is 48.7 Å². The van der Waals surface area contributed by atoms with Gasteiger partial charge in [-0.2, -0.15) is 5.26 Å². The molecule has 1 aliphatic rings. The van der Waals surface area contributed by atoms with Crippen LogP contribution in [-0.4, -0.2) is 8.42 Å². The Labute approximate surface area is 148 Å². The largest absolute Gasteiger partial charge is 0.241 e. The molecule has 1 aliphatic carbocycles. The van der Waals surface area contributed by atoms with Crippen LogP contribution in [0.2, 0.25) is 5.02 Å². The van der Waals surface area contributed by atoms with Gasteiger partial charge in [0.15, 0.2) is 0 Å². The fourth-order valence-corrected chi connectivity index (χ4v) is 4.32. The summed E-state index contributed by atoms with van der Waals surface area (Å²) in [6.07, 6.45) is 1.49. The fourth-order valence-electron chi connectivity index (χ4n) is 2.42. The van der Waals surface area contributed by atoms with Crippen molar-refractivity contribution in [3.05, 3.63) is 63.1 Å². The molecule has 4 nitrogen and oxygen atoms in total. The standard InChI is InChI=1S/C16H12BrClN2O2S/c17-13-3-1-12(2-4-13)16(7-8-16)20-23(21,22)14-5-6-15(18)11(9-14)10-19/h1-6,9,20H,7-8H2. The number of rotatable bonds is 4. The van der Waals surface area contributed by atoms with E-state index in [1.807, 2.05) is 30.3 Å². The van der Waals surface area contributed by atoms with E-state index in [2.05, 4.69) is 20.7 Å². The second-order valence-corrected chi connectivity index (χ2v) is 8.45. The molecule has 118 valence electrons. The van der Waals surface area contributed by atoms with Crippen LogP contribution in [0.25, 0.3) is 0 Å². The summed E-state index contributed by atoms with van der Waals surface area (Å²) in [4.78, 5) is 0.0434. The minimum absolute atomic E-state index is 0.0434. The topological polar surface area (TPSA) is 70.0 Å². The van der Waals surface area contributed by atoms with E-state index in [4.69, 9.17) is 16.9 Å². The quantitative estimate of drug-likeness (QED) is 0.828. The molecule has 0 aliphatic heterocycles. The normalized spacial score (nSPS) is 15.9. The molecule has 0 unspecified atom stereocenters. The molecule has 7 heteroatoms. The Balaban J connectivity index is 1.93. The molecule has 2 aromatic carbocycles. The lowest BCUT2D eigenvalue weighted by molar-refractivity contribution is 0.551. The van der Waals surface area contributed by atoms with Crippen LogP contribution in [0.4, 0.5) is 0 Å². The Hall–Kier alpha value is -1.39. The van der Waals surface area contributed by atoms with Crippen molar-refractivity contribution in [2.75, 3.05) is 0 Å². The van der Waals surface area contributed by atoms with Crippen LogP contribution in [-0.2, 0) is 15.6 Å². The van der Waals surface area contributed by atoms with Crippen LogP contribution in [0.5, 0.6) is 0 Å². The zero-order valence-electron chi connectivity index (χ0n) is 11.9. The average molecular weight is 412 g/mol. The molecule has 1 N–H and O–H groups in total. The third-order valence-electron chi connectivity index (χ3n) is 3.85. The van der Waals surface area contributed by atoms with Gasteiger partial charge in [0.05, 0.1) is 21.0 Å². The first-order chi connectivity index (χ1) is 10.9. The molecule has 0 atom stereocenters. The van der Waals surface area contributed by atoms with Crippen molar-refractivity contribution in [2.45, 2.75) is 23.3 Å². The predicted molar refractivity (Wildman–Crippen MR) is 91.5 cm³/mol. The van der Waals surface area contributed by atoms with Gasteiger partial charge in [0.1, 0.15) is 6.07 Å². The smallest absolute Gasteiger partial charge is 0.207 e. The lowest BCUT2D eigenvalue weighted by atomic mass is 10.1. The van der Waals surface area contributed by atoms with Crippen molar-refractivity contribution in [1.29, 1.82) is 5.26 Å². The number of benzene rings is 2. The first kappa shape index (κ1) is 16.5. The van der Waals surface area contributed by atoms with Crippen molar-refractivity contribution in [3.8, 4) is 6.07 Å². The van der Waals surface area contributed by atoms with Crippen LogP contribution in [0.3, 0.4) is 0 Å². The van der Waals surface area contributed by atoms with Gasteiger partial charge >= 0.3 is 0 Å². The first-order valence-corrected chi connectivity index (χ1v) is 9.51. The SMILES string of the molecule is N#Cc1cc(S(=O)(=O)NC2(c3ccc(Br)cc3)CC2)ccc1Cl. The van der Waals surface area contributed by atoms with Gasteiger partial charge in [-0.3, -0.25) is 0 Å². The number of nitrogens with one attached hydrogen (secondary N) is 1. The highest BCUT2D eigenvalue weighted by molar-refractivity contribution is 9.10. The maximum Gasteiger partial charge on any atom is 0.241 e. The maximum atomic E-state index is 12.6. The summed E-state index contributed by atoms with van der Waals surface area (Å²) >= 11 is 9.23. The van der Waals surface area contributed by atoms with Gasteiger partial charge < -0.3 is 0 Å². The highest BCUT2D eigenvalue weighted by atomic mass is 79.9. The highest BCUT2D eigenvalue weighted by Gasteiger charge is 2.47. The fraction of sp³-hybridized carbons (Fsp3) is 0.188. The molecule has 0 radical (unpaired) electrons. The van der Waals surface area contributed by atoms with E-state index >= 15 is 0 Å². The molecule has 0 amide bonds. The van der Waals surface area contributed by atoms with E-state index in [-0.39, 0.29) is 15.5 Å². The van der Waals surface area contributed by atoms with Crippen molar-refractivity contribution in [3.63, 3.8) is 0 Å². The third kappa shape index (κ3) is 3.29. The van der Waals surface area contributed by atoms with E-state index in [0.29, 0.717) is 0 Å². The van der Waals surface area contributed by atoms with Crippen molar-refractivity contribution in [1.82, 2.24) is 4.72 Å². The number of hydrogen-bond acceptors (Lipinski definition) is 3. The minimum atomic E-state index is -3.73. The van der Waals surface area contributed by atoms with Gasteiger partial charge in [-0.15, -0.1) is 0 Å². The summed E-state index contributed by atoms with van der Waals surface area (Å²) in [5, 5.41) is 9.24. The molecular formula is C16H12BrClN2O2S. The maximum absolute atomic E-state index is 12.6. The van der Waals surface area contributed by atoms with E-state index in [1.54, 1.807) is 0 Å². The molecule has 3 rings (SSSR count). The van der Waals surface area contributed by atoms with Gasteiger partial charge in [0, 0.05) is 4.47 Å². The number of nitrogens with zero attached hydrogens (tertiary/aromatic N) is 1. The second kappa shape index (κ2) is 5.91. The summed E-state index contributed by atoms with van der Waals surface area (Å²) in [6, 6.07) is 13.6. The summed E-state index contributed by atoms with van der Waals surface area (Å²) in [6.45, 7) is 0. The predicted octanol–water partition coefficient (Wildman–Crippen LogP) is 3.94. The zero-order chi connectivity index (χ0) is 16.7. The number of nitriles is 1. The van der Waals surface area contributed by atoms with E-state index < -0.39 is 15.6 Å². The molecule has 0 spiro atoms. The molecule has 1 saturated carbocycles. The van der Waals surface area contributed by atoms with Crippen LogP contribution >= 0.6 is 27.5 Å². The second-order valence-electron chi connectivity index (χ2n) is 5.45. The Bertz CT molecular complexity index is 901. The van der Waals surface area contributed by atoms with Crippen LogP contribution in [0.1, 0.15) is 24.0 Å². The van der Waals surface area contributed by atoms with Crippen LogP contribution in [0.15, 0.2) is 51.8 Å². The average Bonchev–Trinajstić information content (AvgIpc) is 3.28. The van der Waals surface area contributed by atoms with Crippen molar-refractivity contribution < 1.29 is 8.42 Å². The van der Waals surface area contributed by atoms with E-state index in [0.717, 1.165) is 22.9 Å². The number of halogens is 2. The van der Waals surface area contributed by atoms with Crippen molar-refractivity contribution in [2.24, 2.45) is 0 Å². The summed E-state index contributed by atoms with van der Waals surface area (Å²) in [5.41, 5.74) is 0.508. The molecule has 23 heavy (non-hydrogen) atoms. The Kier molecular flexibility index (Phi) is 4.23. The zero-order valence-corrected chi connectivity index (χ0v) is 15.0. The summed E-state index contributed by atoms with van der Waals surface area (Å²) in [5.74, 6) is 0. The molecular weight excluding hydrogens is 400 g/mol. The monoisotopic (exact) mass is 410 g/mol. The van der Waals surface area contributed by atoms with E-state index in [9.17, 15) is 8.42 Å². The highest BCUT2D eigenvalue weighted by Crippen LogP contribution is 2.46. The lowest BCUT2D eigenvalue weighted by Gasteiger charge is -2.18. The van der Waals surface area contributed by atoms with Gasteiger partial charge in [0.2, 0.25) is 10.0 Å². The molecule has 0 saturated heterocycles. The van der Waals surface area contributed by atoms with Gasteiger partial charge in [0.25, 0.3) is 0 Å². The molecule has 0 heterocycles. The van der Waals surface area contributed by atoms with Crippen LogP contribution in [0, 0.1) is 11.3 Å². The Morgan fingerprint density at radius 1 is 1.17 bits per heavy atom. The molecule has 0 bridgehead atoms.